The molecule has 22 heavy (non-hydrogen) atoms. The molecule has 0 spiro atoms. The first-order valence-corrected chi connectivity index (χ1v) is 7.75. The maximum Gasteiger partial charge on any atom is 0.411 e. The van der Waals surface area contributed by atoms with E-state index in [2.05, 4.69) is 36.1 Å². The number of fused-ring (bicyclic) bond motifs is 2. The predicted molar refractivity (Wildman–Crippen MR) is 76.4 cm³/mol. The molecule has 2 saturated carbocycles. The van der Waals surface area contributed by atoms with Crippen molar-refractivity contribution in [3.8, 4) is 0 Å². The third-order valence-corrected chi connectivity index (χ3v) is 5.90. The van der Waals surface area contributed by atoms with Crippen molar-refractivity contribution in [2.75, 3.05) is 19.8 Å². The number of urea groups is 1. The van der Waals surface area contributed by atoms with Gasteiger partial charge in [0.25, 0.3) is 0 Å². The summed E-state index contributed by atoms with van der Waals surface area (Å²) < 4.78 is 40.1. The molecule has 2 aliphatic carbocycles. The van der Waals surface area contributed by atoms with E-state index in [0.29, 0.717) is 5.92 Å². The number of halogens is 3. The van der Waals surface area contributed by atoms with Crippen LogP contribution in [0, 0.1) is 16.7 Å². The number of nitrogens with one attached hydrogen (secondary N) is 2. The van der Waals surface area contributed by atoms with Crippen LogP contribution in [0.3, 0.4) is 0 Å². The number of rotatable bonds is 5. The molecule has 4 nitrogen and oxygen atoms in total. The van der Waals surface area contributed by atoms with Crippen LogP contribution in [0.15, 0.2) is 0 Å². The normalized spacial score (nSPS) is 33.0. The van der Waals surface area contributed by atoms with Gasteiger partial charge >= 0.3 is 12.2 Å². The number of carbonyl (C=O) groups excluding carboxylic acids is 1. The van der Waals surface area contributed by atoms with E-state index < -0.39 is 12.8 Å². The zero-order valence-electron chi connectivity index (χ0n) is 13.3. The Morgan fingerprint density at radius 2 is 2.00 bits per heavy atom. The van der Waals surface area contributed by atoms with Crippen molar-refractivity contribution in [2.24, 2.45) is 16.7 Å². The van der Waals surface area contributed by atoms with Crippen LogP contribution in [0.1, 0.15) is 40.0 Å². The van der Waals surface area contributed by atoms with Gasteiger partial charge in [0, 0.05) is 12.6 Å². The summed E-state index contributed by atoms with van der Waals surface area (Å²) in [6.07, 6.45) is -1.05. The molecule has 0 aromatic rings. The van der Waals surface area contributed by atoms with Crippen LogP contribution in [0.4, 0.5) is 18.0 Å². The van der Waals surface area contributed by atoms with Gasteiger partial charge < -0.3 is 15.4 Å². The summed E-state index contributed by atoms with van der Waals surface area (Å²) >= 11 is 0. The Morgan fingerprint density at radius 3 is 2.50 bits per heavy atom. The van der Waals surface area contributed by atoms with Crippen LogP contribution in [0.5, 0.6) is 0 Å². The van der Waals surface area contributed by atoms with Gasteiger partial charge in [-0.25, -0.2) is 4.79 Å². The Kier molecular flexibility index (Phi) is 4.66. The molecule has 2 amide bonds. The van der Waals surface area contributed by atoms with Crippen molar-refractivity contribution in [1.29, 1.82) is 0 Å². The van der Waals surface area contributed by atoms with Crippen LogP contribution in [-0.2, 0) is 4.74 Å². The molecule has 2 N–H and O–H groups in total. The maximum absolute atomic E-state index is 11.9. The van der Waals surface area contributed by atoms with E-state index in [1.807, 2.05) is 0 Å². The van der Waals surface area contributed by atoms with Gasteiger partial charge in [0.2, 0.25) is 0 Å². The average Bonchev–Trinajstić information content (AvgIpc) is 2.70. The minimum Gasteiger partial charge on any atom is -0.370 e. The molecule has 2 fully saturated rings. The zero-order valence-corrected chi connectivity index (χ0v) is 13.3. The summed E-state index contributed by atoms with van der Waals surface area (Å²) in [5, 5.41) is 5.54. The highest BCUT2D eigenvalue weighted by atomic mass is 19.4. The van der Waals surface area contributed by atoms with Gasteiger partial charge in [0.05, 0.1) is 6.61 Å². The van der Waals surface area contributed by atoms with Crippen LogP contribution in [-0.4, -0.2) is 38.0 Å². The van der Waals surface area contributed by atoms with E-state index in [1.54, 1.807) is 0 Å². The lowest BCUT2D eigenvalue weighted by atomic mass is 9.69. The highest BCUT2D eigenvalue weighted by Gasteiger charge is 2.61. The molecule has 0 aromatic carbocycles. The molecule has 2 rings (SSSR count). The number of amides is 2. The molecule has 0 saturated heterocycles. The van der Waals surface area contributed by atoms with Gasteiger partial charge in [-0.2, -0.15) is 13.2 Å². The van der Waals surface area contributed by atoms with E-state index >= 15 is 0 Å². The van der Waals surface area contributed by atoms with Crippen molar-refractivity contribution in [3.63, 3.8) is 0 Å². The quantitative estimate of drug-likeness (QED) is 0.764. The average molecular weight is 322 g/mol. The lowest BCUT2D eigenvalue weighted by molar-refractivity contribution is -0.173. The lowest BCUT2D eigenvalue weighted by Crippen LogP contribution is -2.50. The topological polar surface area (TPSA) is 50.4 Å². The highest BCUT2D eigenvalue weighted by Crippen LogP contribution is 2.65. The van der Waals surface area contributed by atoms with E-state index in [1.165, 1.54) is 6.42 Å². The smallest absolute Gasteiger partial charge is 0.370 e. The van der Waals surface area contributed by atoms with Gasteiger partial charge in [-0.05, 0) is 36.0 Å². The van der Waals surface area contributed by atoms with Crippen LogP contribution < -0.4 is 10.6 Å². The largest absolute Gasteiger partial charge is 0.411 e. The molecule has 0 heterocycles. The van der Waals surface area contributed by atoms with E-state index in [-0.39, 0.29) is 36.1 Å². The molecule has 3 atom stereocenters. The SMILES string of the molecule is CC1(C)C2CCC1(C)C(NC(=O)NCCOCC(F)(F)F)C2. The summed E-state index contributed by atoms with van der Waals surface area (Å²) in [7, 11) is 0. The molecule has 0 aliphatic heterocycles. The molecule has 7 heteroatoms. The summed E-state index contributed by atoms with van der Waals surface area (Å²) in [6, 6.07) is -0.206. The fraction of sp³-hybridized carbons (Fsp3) is 0.933. The van der Waals surface area contributed by atoms with Gasteiger partial charge in [-0.15, -0.1) is 0 Å². The molecule has 2 aliphatic rings. The minimum absolute atomic E-state index is 0.0676. The standard InChI is InChI=1S/C15H25F3N2O2/c1-13(2)10-4-5-14(13,3)11(8-10)20-12(21)19-6-7-22-9-15(16,17)18/h10-11H,4-9H2,1-3H3,(H2,19,20,21). The number of hydrogen-bond donors (Lipinski definition) is 2. The molecule has 2 bridgehead atoms. The Bertz CT molecular complexity index is 426. The second-order valence-electron chi connectivity index (χ2n) is 7.23. The number of hydrogen-bond acceptors (Lipinski definition) is 2. The van der Waals surface area contributed by atoms with Gasteiger partial charge in [-0.3, -0.25) is 0 Å². The van der Waals surface area contributed by atoms with Gasteiger partial charge in [0.15, 0.2) is 0 Å². The van der Waals surface area contributed by atoms with Gasteiger partial charge in [-0.1, -0.05) is 20.8 Å². The Morgan fingerprint density at radius 1 is 1.32 bits per heavy atom. The van der Waals surface area contributed by atoms with Crippen molar-refractivity contribution in [3.05, 3.63) is 0 Å². The van der Waals surface area contributed by atoms with E-state index in [4.69, 9.17) is 0 Å². The first kappa shape index (κ1) is 17.4. The first-order chi connectivity index (χ1) is 10.1. The van der Waals surface area contributed by atoms with Gasteiger partial charge in [0.1, 0.15) is 6.61 Å². The predicted octanol–water partition coefficient (Wildman–Crippen LogP) is 3.08. The Balaban J connectivity index is 1.71. The summed E-state index contributed by atoms with van der Waals surface area (Å²) in [4.78, 5) is 11.9. The van der Waals surface area contributed by atoms with E-state index in [0.717, 1.165) is 12.8 Å². The minimum atomic E-state index is -4.33. The second kappa shape index (κ2) is 5.91. The number of alkyl halides is 3. The van der Waals surface area contributed by atoms with Crippen molar-refractivity contribution >= 4 is 6.03 Å². The Hall–Kier alpha value is -0.980. The fourth-order valence-corrected chi connectivity index (χ4v) is 4.06. The van der Waals surface area contributed by atoms with Crippen molar-refractivity contribution in [1.82, 2.24) is 10.6 Å². The summed E-state index contributed by atoms with van der Waals surface area (Å²) in [5.74, 6) is 0.623. The third kappa shape index (κ3) is 3.34. The monoisotopic (exact) mass is 322 g/mol. The Labute approximate surface area is 129 Å². The molecule has 3 unspecified atom stereocenters. The van der Waals surface area contributed by atoms with Crippen LogP contribution in [0.2, 0.25) is 0 Å². The summed E-state index contributed by atoms with van der Waals surface area (Å²) in [5.41, 5.74) is 0.294. The number of carbonyl (C=O) groups is 1. The third-order valence-electron chi connectivity index (χ3n) is 5.90. The fourth-order valence-electron chi connectivity index (χ4n) is 4.06. The second-order valence-corrected chi connectivity index (χ2v) is 7.23. The first-order valence-electron chi connectivity index (χ1n) is 7.75. The van der Waals surface area contributed by atoms with Crippen LogP contribution >= 0.6 is 0 Å². The summed E-state index contributed by atoms with van der Waals surface area (Å²) in [6.45, 7) is 5.37. The maximum atomic E-state index is 11.9. The molecular formula is C15H25F3N2O2. The molecule has 0 aromatic heterocycles. The highest BCUT2D eigenvalue weighted by molar-refractivity contribution is 5.74. The lowest BCUT2D eigenvalue weighted by Gasteiger charge is -2.39. The molecule has 128 valence electrons. The molecule has 0 radical (unpaired) electrons. The number of ether oxygens (including phenoxy) is 1. The molecular weight excluding hydrogens is 297 g/mol. The van der Waals surface area contributed by atoms with Crippen molar-refractivity contribution in [2.45, 2.75) is 52.3 Å². The van der Waals surface area contributed by atoms with Crippen molar-refractivity contribution < 1.29 is 22.7 Å². The zero-order chi connectivity index (χ0) is 16.6. The van der Waals surface area contributed by atoms with E-state index in [9.17, 15) is 18.0 Å². The van der Waals surface area contributed by atoms with Crippen LogP contribution in [0.25, 0.3) is 0 Å².